The van der Waals surface area contributed by atoms with Crippen LogP contribution in [-0.4, -0.2) is 70.0 Å². The van der Waals surface area contributed by atoms with E-state index in [4.69, 9.17) is 5.11 Å². The van der Waals surface area contributed by atoms with E-state index in [0.29, 0.717) is 0 Å². The fraction of sp³-hybridized carbons (Fsp3) is 0.750. The van der Waals surface area contributed by atoms with Gasteiger partial charge in [0, 0.05) is 20.1 Å². The van der Waals surface area contributed by atoms with Gasteiger partial charge in [-0.1, -0.05) is 5.87 Å². The predicted octanol–water partition coefficient (Wildman–Crippen LogP) is 0.424. The number of carboxylic acid groups (broad SMARTS) is 1. The molecule has 1 N–H and O–H groups in total. The second-order valence-electron chi connectivity index (χ2n) is 5.16. The van der Waals surface area contributed by atoms with Gasteiger partial charge in [0.05, 0.1) is 16.5 Å². The SMILES string of the molecule is C=S1C(CC(=O)O)C(=O)N(C)C12CCN(C)CC2. The van der Waals surface area contributed by atoms with E-state index in [1.807, 2.05) is 0 Å². The molecule has 6 heteroatoms. The summed E-state index contributed by atoms with van der Waals surface area (Å²) in [6.07, 6.45) is 1.70. The van der Waals surface area contributed by atoms with Crippen LogP contribution in [0.4, 0.5) is 0 Å². The number of carboxylic acids is 1. The Bertz CT molecular complexity index is 402. The monoisotopic (exact) mass is 272 g/mol. The van der Waals surface area contributed by atoms with Gasteiger partial charge in [0.2, 0.25) is 5.91 Å². The predicted molar refractivity (Wildman–Crippen MR) is 73.0 cm³/mol. The molecule has 2 atom stereocenters. The van der Waals surface area contributed by atoms with Crippen molar-refractivity contribution in [2.24, 2.45) is 0 Å². The quantitative estimate of drug-likeness (QED) is 0.740. The number of rotatable bonds is 2. The molecule has 0 aliphatic carbocycles. The van der Waals surface area contributed by atoms with Crippen LogP contribution in [-0.2, 0) is 9.59 Å². The number of hydrogen-bond donors (Lipinski definition) is 1. The van der Waals surface area contributed by atoms with Crippen molar-refractivity contribution in [3.05, 3.63) is 0 Å². The number of likely N-dealkylation sites (tertiary alicyclic amines) is 1. The Morgan fingerprint density at radius 2 is 2.06 bits per heavy atom. The van der Waals surface area contributed by atoms with Gasteiger partial charge in [-0.15, -0.1) is 0 Å². The first-order chi connectivity index (χ1) is 8.38. The second-order valence-corrected chi connectivity index (χ2v) is 7.35. The first-order valence-corrected chi connectivity index (χ1v) is 7.55. The van der Waals surface area contributed by atoms with Crippen molar-refractivity contribution in [3.8, 4) is 0 Å². The van der Waals surface area contributed by atoms with Crippen LogP contribution in [0.2, 0.25) is 0 Å². The summed E-state index contributed by atoms with van der Waals surface area (Å²) in [5.41, 5.74) is 0. The maximum atomic E-state index is 12.2. The second kappa shape index (κ2) is 4.66. The van der Waals surface area contributed by atoms with E-state index >= 15 is 0 Å². The van der Waals surface area contributed by atoms with Gasteiger partial charge >= 0.3 is 5.97 Å². The molecule has 102 valence electrons. The summed E-state index contributed by atoms with van der Waals surface area (Å²) < 4.78 is 0. The molecule has 2 saturated heterocycles. The van der Waals surface area contributed by atoms with Gasteiger partial charge in [-0.05, 0) is 19.9 Å². The zero-order valence-corrected chi connectivity index (χ0v) is 11.7. The molecule has 2 rings (SSSR count). The van der Waals surface area contributed by atoms with Gasteiger partial charge in [0.1, 0.15) is 0 Å². The Kier molecular flexibility index (Phi) is 3.51. The summed E-state index contributed by atoms with van der Waals surface area (Å²) in [5.74, 6) is 3.21. The van der Waals surface area contributed by atoms with E-state index in [1.54, 1.807) is 11.9 Å². The fourth-order valence-corrected chi connectivity index (χ4v) is 5.31. The third-order valence-corrected chi connectivity index (χ3v) is 6.89. The number of carbonyl (C=O) groups is 2. The van der Waals surface area contributed by atoms with Gasteiger partial charge in [-0.2, -0.15) is 10.5 Å². The summed E-state index contributed by atoms with van der Waals surface area (Å²) in [6.45, 7) is 1.88. The molecule has 5 nitrogen and oxygen atoms in total. The number of aliphatic carboxylic acids is 1. The Balaban J connectivity index is 2.25. The average molecular weight is 272 g/mol. The van der Waals surface area contributed by atoms with Crippen molar-refractivity contribution in [2.45, 2.75) is 29.4 Å². The van der Waals surface area contributed by atoms with E-state index in [2.05, 4.69) is 17.8 Å². The van der Waals surface area contributed by atoms with Crippen molar-refractivity contribution in [1.82, 2.24) is 9.80 Å². The lowest BCUT2D eigenvalue weighted by atomic mass is 10.0. The summed E-state index contributed by atoms with van der Waals surface area (Å²) in [5, 5.41) is 8.49. The minimum Gasteiger partial charge on any atom is -0.481 e. The third kappa shape index (κ3) is 1.97. The topological polar surface area (TPSA) is 60.9 Å². The number of hydrogen-bond acceptors (Lipinski definition) is 3. The van der Waals surface area contributed by atoms with Crippen molar-refractivity contribution >= 4 is 28.2 Å². The minimum atomic E-state index is -0.909. The Morgan fingerprint density at radius 3 is 2.56 bits per heavy atom. The van der Waals surface area contributed by atoms with Crippen LogP contribution in [0.5, 0.6) is 0 Å². The lowest BCUT2D eigenvalue weighted by Crippen LogP contribution is -2.49. The van der Waals surface area contributed by atoms with Crippen molar-refractivity contribution in [3.63, 3.8) is 0 Å². The normalized spacial score (nSPS) is 32.1. The highest BCUT2D eigenvalue weighted by Gasteiger charge is 2.52. The lowest BCUT2D eigenvalue weighted by Gasteiger charge is -2.43. The number of amides is 1. The average Bonchev–Trinajstić information content (AvgIpc) is 2.48. The van der Waals surface area contributed by atoms with Gasteiger partial charge < -0.3 is 14.9 Å². The minimum absolute atomic E-state index is 0.0414. The third-order valence-electron chi connectivity index (χ3n) is 4.18. The summed E-state index contributed by atoms with van der Waals surface area (Å²) >= 11 is 0. The molecule has 0 radical (unpaired) electrons. The van der Waals surface area contributed by atoms with Crippen LogP contribution in [0, 0.1) is 0 Å². The molecule has 18 heavy (non-hydrogen) atoms. The molecule has 0 aromatic rings. The van der Waals surface area contributed by atoms with Crippen molar-refractivity contribution in [2.75, 3.05) is 27.2 Å². The Hall–Kier alpha value is -0.880. The summed E-state index contributed by atoms with van der Waals surface area (Å²) in [4.78, 5) is 26.9. The van der Waals surface area contributed by atoms with E-state index in [9.17, 15) is 9.59 Å². The molecule has 0 saturated carbocycles. The molecule has 2 fully saturated rings. The zero-order chi connectivity index (χ0) is 13.5. The van der Waals surface area contributed by atoms with E-state index in [1.165, 1.54) is 0 Å². The van der Waals surface area contributed by atoms with Crippen LogP contribution in [0.25, 0.3) is 0 Å². The van der Waals surface area contributed by atoms with Crippen LogP contribution in [0.1, 0.15) is 19.3 Å². The molecule has 1 spiro atoms. The molecule has 0 bridgehead atoms. The molecule has 0 aromatic heterocycles. The summed E-state index contributed by atoms with van der Waals surface area (Å²) in [7, 11) is 3.44. The van der Waals surface area contributed by atoms with Gasteiger partial charge in [0.25, 0.3) is 0 Å². The molecule has 2 unspecified atom stereocenters. The Labute approximate surface area is 110 Å². The molecule has 2 heterocycles. The van der Waals surface area contributed by atoms with Crippen molar-refractivity contribution in [1.29, 1.82) is 0 Å². The van der Waals surface area contributed by atoms with E-state index in [-0.39, 0.29) is 17.2 Å². The van der Waals surface area contributed by atoms with Crippen LogP contribution >= 0.6 is 10.5 Å². The Morgan fingerprint density at radius 1 is 1.50 bits per heavy atom. The van der Waals surface area contributed by atoms with Crippen LogP contribution < -0.4 is 0 Å². The van der Waals surface area contributed by atoms with Gasteiger partial charge in [-0.25, -0.2) is 0 Å². The maximum absolute atomic E-state index is 12.2. The molecule has 2 aliphatic heterocycles. The van der Waals surface area contributed by atoms with Gasteiger partial charge in [-0.3, -0.25) is 9.59 Å². The maximum Gasteiger partial charge on any atom is 0.304 e. The van der Waals surface area contributed by atoms with E-state index < -0.39 is 21.7 Å². The van der Waals surface area contributed by atoms with Crippen LogP contribution in [0.3, 0.4) is 0 Å². The smallest absolute Gasteiger partial charge is 0.304 e. The first-order valence-electron chi connectivity index (χ1n) is 6.09. The fourth-order valence-electron chi connectivity index (χ4n) is 2.89. The number of piperidine rings is 1. The van der Waals surface area contributed by atoms with Gasteiger partial charge in [0.15, 0.2) is 0 Å². The lowest BCUT2D eigenvalue weighted by molar-refractivity contribution is -0.140. The molecular weight excluding hydrogens is 252 g/mol. The molecule has 1 amide bonds. The first kappa shape index (κ1) is 13.5. The standard InChI is InChI=1S/C12H20N2O3S/c1-13-6-4-12(5-7-13)14(2)11(17)9(18(12)3)8-10(15)16/h9H,3-8H2,1-2H3,(H,15,16). The largest absolute Gasteiger partial charge is 0.481 e. The molecule has 2 aliphatic rings. The summed E-state index contributed by atoms with van der Waals surface area (Å²) in [6, 6.07) is 0. The number of nitrogens with zero attached hydrogens (tertiary/aromatic N) is 2. The highest BCUT2D eigenvalue weighted by Crippen LogP contribution is 2.51. The van der Waals surface area contributed by atoms with Crippen LogP contribution in [0.15, 0.2) is 0 Å². The molecule has 0 aromatic carbocycles. The highest BCUT2D eigenvalue weighted by atomic mass is 32.2. The van der Waals surface area contributed by atoms with E-state index in [0.717, 1.165) is 25.9 Å². The van der Waals surface area contributed by atoms with Crippen molar-refractivity contribution < 1.29 is 14.7 Å². The molecular formula is C12H20N2O3S. The zero-order valence-electron chi connectivity index (χ0n) is 10.9. The highest BCUT2D eigenvalue weighted by molar-refractivity contribution is 8.16. The number of carbonyl (C=O) groups excluding carboxylic acids is 1.